The molecule has 2 unspecified atom stereocenters. The van der Waals surface area contributed by atoms with Crippen LogP contribution >= 0.6 is 0 Å². The van der Waals surface area contributed by atoms with E-state index in [1.807, 2.05) is 0 Å². The zero-order chi connectivity index (χ0) is 9.14. The van der Waals surface area contributed by atoms with Gasteiger partial charge in [-0.15, -0.1) is 0 Å². The van der Waals surface area contributed by atoms with Crippen LogP contribution in [-0.2, 0) is 14.3 Å². The summed E-state index contributed by atoms with van der Waals surface area (Å²) in [6.45, 7) is 4.16. The number of carbonyl (C=O) groups excluding carboxylic acids is 2. The monoisotopic (exact) mass is 170 g/mol. The van der Waals surface area contributed by atoms with Crippen LogP contribution in [0.1, 0.15) is 33.1 Å². The van der Waals surface area contributed by atoms with Gasteiger partial charge in [0, 0.05) is 0 Å². The van der Waals surface area contributed by atoms with Gasteiger partial charge in [0.25, 0.3) is 0 Å². The molecule has 3 heteroatoms. The molecular weight excluding hydrogens is 156 g/mol. The van der Waals surface area contributed by atoms with Crippen LogP contribution in [-0.4, -0.2) is 11.9 Å². The number of rotatable bonds is 3. The van der Waals surface area contributed by atoms with E-state index < -0.39 is 0 Å². The van der Waals surface area contributed by atoms with Crippen LogP contribution in [0, 0.1) is 11.8 Å². The van der Waals surface area contributed by atoms with Crippen LogP contribution in [0.25, 0.3) is 0 Å². The topological polar surface area (TPSA) is 43.4 Å². The van der Waals surface area contributed by atoms with Crippen molar-refractivity contribution in [1.29, 1.82) is 0 Å². The quantitative estimate of drug-likeness (QED) is 0.476. The summed E-state index contributed by atoms with van der Waals surface area (Å²) in [6, 6.07) is 0. The van der Waals surface area contributed by atoms with E-state index in [1.54, 1.807) is 0 Å². The molecule has 1 aliphatic heterocycles. The second kappa shape index (κ2) is 3.70. The molecule has 1 heterocycles. The Kier molecular flexibility index (Phi) is 2.84. The highest BCUT2D eigenvalue weighted by Crippen LogP contribution is 2.24. The largest absolute Gasteiger partial charge is 0.393 e. The van der Waals surface area contributed by atoms with Crippen molar-refractivity contribution in [1.82, 2.24) is 0 Å². The average Bonchev–Trinajstić information content (AvgIpc) is 2.30. The van der Waals surface area contributed by atoms with Gasteiger partial charge in [0.15, 0.2) is 0 Å². The van der Waals surface area contributed by atoms with Crippen LogP contribution in [0.4, 0.5) is 0 Å². The molecule has 2 atom stereocenters. The summed E-state index contributed by atoms with van der Waals surface area (Å²) in [5, 5.41) is 0. The van der Waals surface area contributed by atoms with E-state index in [0.29, 0.717) is 5.92 Å². The first-order chi connectivity index (χ1) is 5.63. The molecule has 0 aromatic carbocycles. The molecule has 0 radical (unpaired) electrons. The number of esters is 2. The van der Waals surface area contributed by atoms with Crippen molar-refractivity contribution in [2.75, 3.05) is 0 Å². The summed E-state index contributed by atoms with van der Waals surface area (Å²) in [6.07, 6.45) is 2.10. The predicted molar refractivity (Wildman–Crippen MR) is 43.3 cm³/mol. The van der Waals surface area contributed by atoms with Gasteiger partial charge in [-0.1, -0.05) is 20.3 Å². The second-order valence-electron chi connectivity index (χ2n) is 3.44. The lowest BCUT2D eigenvalue weighted by molar-refractivity contribution is -0.153. The third-order valence-corrected chi connectivity index (χ3v) is 2.34. The van der Waals surface area contributed by atoms with Crippen molar-refractivity contribution in [2.24, 2.45) is 11.8 Å². The van der Waals surface area contributed by atoms with Crippen LogP contribution < -0.4 is 0 Å². The number of hydrogen-bond donors (Lipinski definition) is 0. The van der Waals surface area contributed by atoms with Crippen molar-refractivity contribution in [2.45, 2.75) is 33.1 Å². The molecule has 1 saturated heterocycles. The van der Waals surface area contributed by atoms with Gasteiger partial charge in [0.05, 0.1) is 12.3 Å². The SMILES string of the molecule is CCC(C)CC1CC(=O)OC1=O. The molecule has 68 valence electrons. The molecule has 1 rings (SSSR count). The molecule has 0 amide bonds. The van der Waals surface area contributed by atoms with Gasteiger partial charge in [-0.25, -0.2) is 0 Å². The van der Waals surface area contributed by atoms with E-state index >= 15 is 0 Å². The summed E-state index contributed by atoms with van der Waals surface area (Å²) in [5.41, 5.74) is 0. The third kappa shape index (κ3) is 2.06. The Morgan fingerprint density at radius 3 is 2.67 bits per heavy atom. The zero-order valence-electron chi connectivity index (χ0n) is 7.50. The minimum absolute atomic E-state index is 0.174. The lowest BCUT2D eigenvalue weighted by Gasteiger charge is -2.09. The molecule has 1 aliphatic rings. The maximum absolute atomic E-state index is 11.0. The molecule has 0 N–H and O–H groups in total. The molecule has 0 saturated carbocycles. The Labute approximate surface area is 72.1 Å². The highest BCUT2D eigenvalue weighted by molar-refractivity contribution is 5.94. The van der Waals surface area contributed by atoms with Crippen molar-refractivity contribution in [3.05, 3.63) is 0 Å². The molecule has 12 heavy (non-hydrogen) atoms. The van der Waals surface area contributed by atoms with E-state index in [2.05, 4.69) is 18.6 Å². The minimum Gasteiger partial charge on any atom is -0.393 e. The molecule has 0 aromatic heterocycles. The minimum atomic E-state index is -0.367. The molecular formula is C9H14O3. The first-order valence-electron chi connectivity index (χ1n) is 4.38. The van der Waals surface area contributed by atoms with Crippen molar-refractivity contribution in [3.63, 3.8) is 0 Å². The lowest BCUT2D eigenvalue weighted by atomic mass is 9.93. The Morgan fingerprint density at radius 1 is 1.58 bits per heavy atom. The molecule has 3 nitrogen and oxygen atoms in total. The zero-order valence-corrected chi connectivity index (χ0v) is 7.50. The van der Waals surface area contributed by atoms with Gasteiger partial charge in [0.1, 0.15) is 0 Å². The van der Waals surface area contributed by atoms with Gasteiger partial charge in [0.2, 0.25) is 0 Å². The third-order valence-electron chi connectivity index (χ3n) is 2.34. The highest BCUT2D eigenvalue weighted by atomic mass is 16.6. The van der Waals surface area contributed by atoms with Gasteiger partial charge in [-0.2, -0.15) is 0 Å². The van der Waals surface area contributed by atoms with Gasteiger partial charge in [-0.3, -0.25) is 9.59 Å². The molecule has 0 spiro atoms. The van der Waals surface area contributed by atoms with E-state index in [4.69, 9.17) is 0 Å². The van der Waals surface area contributed by atoms with E-state index in [1.165, 1.54) is 0 Å². The Hall–Kier alpha value is -0.860. The fourth-order valence-corrected chi connectivity index (χ4v) is 1.35. The summed E-state index contributed by atoms with van der Waals surface area (Å²) in [5.74, 6) is -0.380. The summed E-state index contributed by atoms with van der Waals surface area (Å²) in [7, 11) is 0. The lowest BCUT2D eigenvalue weighted by Crippen LogP contribution is -2.11. The van der Waals surface area contributed by atoms with Gasteiger partial charge >= 0.3 is 11.9 Å². The average molecular weight is 170 g/mol. The predicted octanol–water partition coefficient (Wildman–Crippen LogP) is 1.51. The van der Waals surface area contributed by atoms with Gasteiger partial charge in [-0.05, 0) is 12.3 Å². The Bertz CT molecular complexity index is 198. The molecule has 0 bridgehead atoms. The molecule has 0 aliphatic carbocycles. The van der Waals surface area contributed by atoms with Crippen LogP contribution in [0.15, 0.2) is 0 Å². The Balaban J connectivity index is 2.43. The first kappa shape index (κ1) is 9.23. The number of ether oxygens (including phenoxy) is 1. The fourth-order valence-electron chi connectivity index (χ4n) is 1.35. The maximum Gasteiger partial charge on any atom is 0.317 e. The van der Waals surface area contributed by atoms with Crippen LogP contribution in [0.3, 0.4) is 0 Å². The van der Waals surface area contributed by atoms with Crippen molar-refractivity contribution >= 4 is 11.9 Å². The fraction of sp³-hybridized carbons (Fsp3) is 0.778. The van der Waals surface area contributed by atoms with Gasteiger partial charge < -0.3 is 4.74 Å². The number of cyclic esters (lactones) is 2. The summed E-state index contributed by atoms with van der Waals surface area (Å²) >= 11 is 0. The number of carbonyl (C=O) groups is 2. The first-order valence-corrected chi connectivity index (χ1v) is 4.38. The van der Waals surface area contributed by atoms with Crippen molar-refractivity contribution in [3.8, 4) is 0 Å². The van der Waals surface area contributed by atoms with Crippen LogP contribution in [0.5, 0.6) is 0 Å². The highest BCUT2D eigenvalue weighted by Gasteiger charge is 2.33. The number of hydrogen-bond acceptors (Lipinski definition) is 3. The maximum atomic E-state index is 11.0. The normalized spacial score (nSPS) is 25.7. The van der Waals surface area contributed by atoms with E-state index in [9.17, 15) is 9.59 Å². The van der Waals surface area contributed by atoms with E-state index in [-0.39, 0.29) is 24.3 Å². The van der Waals surface area contributed by atoms with Crippen molar-refractivity contribution < 1.29 is 14.3 Å². The van der Waals surface area contributed by atoms with E-state index in [0.717, 1.165) is 12.8 Å². The molecule has 0 aromatic rings. The Morgan fingerprint density at radius 2 is 2.25 bits per heavy atom. The second-order valence-corrected chi connectivity index (χ2v) is 3.44. The smallest absolute Gasteiger partial charge is 0.317 e. The summed E-state index contributed by atoms with van der Waals surface area (Å²) in [4.78, 5) is 21.7. The summed E-state index contributed by atoms with van der Waals surface area (Å²) < 4.78 is 4.44. The standard InChI is InChI=1S/C9H14O3/c1-3-6(2)4-7-5-8(10)12-9(7)11/h6-7H,3-5H2,1-2H3. The van der Waals surface area contributed by atoms with Crippen LogP contribution in [0.2, 0.25) is 0 Å². The molecule has 1 fully saturated rings.